The van der Waals surface area contributed by atoms with Crippen molar-refractivity contribution in [2.24, 2.45) is 0 Å². The molecule has 0 aliphatic carbocycles. The molecule has 0 unspecified atom stereocenters. The van der Waals surface area contributed by atoms with Crippen LogP contribution in [0.25, 0.3) is 0 Å². The maximum Gasteiger partial charge on any atom is 0.347 e. The fraction of sp³-hybridized carbons (Fsp3) is 0.286. The van der Waals surface area contributed by atoms with Crippen molar-refractivity contribution in [2.45, 2.75) is 20.8 Å². The molecule has 1 aromatic carbocycles. The molecule has 1 N–H and O–H groups in total. The number of aromatic carboxylic acids is 1. The van der Waals surface area contributed by atoms with Gasteiger partial charge in [0, 0.05) is 12.7 Å². The van der Waals surface area contributed by atoms with E-state index in [1.165, 1.54) is 22.5 Å². The van der Waals surface area contributed by atoms with Crippen molar-refractivity contribution < 1.29 is 9.90 Å². The van der Waals surface area contributed by atoms with Crippen LogP contribution in [0.5, 0.6) is 0 Å². The lowest BCUT2D eigenvalue weighted by atomic mass is 10.1. The van der Waals surface area contributed by atoms with Crippen LogP contribution in [0.15, 0.2) is 18.2 Å². The first kappa shape index (κ1) is 13.5. The molecule has 0 aliphatic rings. The topological polar surface area (TPSA) is 53.4 Å². The molecule has 2 rings (SSSR count). The van der Waals surface area contributed by atoms with Crippen LogP contribution in [-0.2, 0) is 0 Å². The number of hydrogen-bond donors (Lipinski definition) is 1. The Bertz CT molecular complexity index is 614. The second kappa shape index (κ2) is 5.01. The van der Waals surface area contributed by atoms with E-state index in [0.29, 0.717) is 15.7 Å². The van der Waals surface area contributed by atoms with Gasteiger partial charge in [0.15, 0.2) is 5.13 Å². The summed E-state index contributed by atoms with van der Waals surface area (Å²) in [5.74, 6) is -0.921. The molecule has 0 amide bonds. The first-order valence-corrected chi connectivity index (χ1v) is 6.73. The zero-order valence-corrected chi connectivity index (χ0v) is 12.2. The number of aryl methyl sites for hydroxylation is 3. The standard InChI is InChI=1S/C14H16N2O2S/c1-8-5-9(2)7-11(6-8)16(4)14-15-10(3)12(19-14)13(17)18/h5-7H,1-4H3,(H,17,18). The summed E-state index contributed by atoms with van der Waals surface area (Å²) in [6.45, 7) is 5.80. The third-order valence-electron chi connectivity index (χ3n) is 2.86. The third-order valence-corrected chi connectivity index (χ3v) is 4.08. The Balaban J connectivity index is 2.41. The summed E-state index contributed by atoms with van der Waals surface area (Å²) in [4.78, 5) is 17.6. The maximum atomic E-state index is 11.1. The Kier molecular flexibility index (Phi) is 3.57. The molecule has 0 saturated carbocycles. The van der Waals surface area contributed by atoms with Crippen LogP contribution in [0.3, 0.4) is 0 Å². The van der Waals surface area contributed by atoms with Crippen molar-refractivity contribution in [1.82, 2.24) is 4.98 Å². The van der Waals surface area contributed by atoms with Crippen molar-refractivity contribution in [2.75, 3.05) is 11.9 Å². The van der Waals surface area contributed by atoms with Gasteiger partial charge in [0.1, 0.15) is 4.88 Å². The fourth-order valence-electron chi connectivity index (χ4n) is 1.98. The van der Waals surface area contributed by atoms with Gasteiger partial charge in [-0.05, 0) is 44.0 Å². The fourth-order valence-corrected chi connectivity index (χ4v) is 2.87. The van der Waals surface area contributed by atoms with Gasteiger partial charge in [-0.2, -0.15) is 0 Å². The molecule has 0 fully saturated rings. The van der Waals surface area contributed by atoms with Crippen LogP contribution in [0.1, 0.15) is 26.5 Å². The highest BCUT2D eigenvalue weighted by Crippen LogP contribution is 2.31. The Morgan fingerprint density at radius 2 is 1.79 bits per heavy atom. The summed E-state index contributed by atoms with van der Waals surface area (Å²) in [5.41, 5.74) is 3.93. The SMILES string of the molecule is Cc1cc(C)cc(N(C)c2nc(C)c(C(=O)O)s2)c1. The number of benzene rings is 1. The lowest BCUT2D eigenvalue weighted by Crippen LogP contribution is -2.09. The zero-order valence-electron chi connectivity index (χ0n) is 11.4. The molecular formula is C14H16N2O2S. The van der Waals surface area contributed by atoms with Crippen molar-refractivity contribution in [3.8, 4) is 0 Å². The molecule has 0 bridgehead atoms. The first-order chi connectivity index (χ1) is 8.88. The van der Waals surface area contributed by atoms with Crippen molar-refractivity contribution in [3.63, 3.8) is 0 Å². The lowest BCUT2D eigenvalue weighted by Gasteiger charge is -2.17. The molecule has 1 heterocycles. The molecular weight excluding hydrogens is 260 g/mol. The van der Waals surface area contributed by atoms with Gasteiger partial charge in [-0.25, -0.2) is 9.78 Å². The van der Waals surface area contributed by atoms with Gasteiger partial charge in [-0.3, -0.25) is 0 Å². The summed E-state index contributed by atoms with van der Waals surface area (Å²) in [6, 6.07) is 6.22. The van der Waals surface area contributed by atoms with Gasteiger partial charge < -0.3 is 10.0 Å². The number of nitrogens with zero attached hydrogens (tertiary/aromatic N) is 2. The first-order valence-electron chi connectivity index (χ1n) is 5.91. The van der Waals surface area contributed by atoms with Gasteiger partial charge in [0.2, 0.25) is 0 Å². The number of carboxylic acids is 1. The number of carboxylic acid groups (broad SMARTS) is 1. The van der Waals surface area contributed by atoms with E-state index in [1.54, 1.807) is 6.92 Å². The minimum atomic E-state index is -0.921. The monoisotopic (exact) mass is 276 g/mol. The summed E-state index contributed by atoms with van der Waals surface area (Å²) >= 11 is 1.20. The third kappa shape index (κ3) is 2.76. The van der Waals surface area contributed by atoms with E-state index in [1.807, 2.05) is 25.8 Å². The number of carbonyl (C=O) groups is 1. The second-order valence-corrected chi connectivity index (χ2v) is 5.60. The minimum absolute atomic E-state index is 0.297. The van der Waals surface area contributed by atoms with Crippen LogP contribution in [0.2, 0.25) is 0 Å². The van der Waals surface area contributed by atoms with Gasteiger partial charge in [0.25, 0.3) is 0 Å². The van der Waals surface area contributed by atoms with Crippen LogP contribution in [-0.4, -0.2) is 23.1 Å². The Labute approximate surface area is 116 Å². The van der Waals surface area contributed by atoms with E-state index in [0.717, 1.165) is 5.69 Å². The highest BCUT2D eigenvalue weighted by molar-refractivity contribution is 7.17. The average molecular weight is 276 g/mol. The molecule has 4 nitrogen and oxygen atoms in total. The number of thiazole rings is 1. The molecule has 19 heavy (non-hydrogen) atoms. The normalized spacial score (nSPS) is 10.5. The zero-order chi connectivity index (χ0) is 14.2. The smallest absolute Gasteiger partial charge is 0.347 e. The molecule has 0 aliphatic heterocycles. The largest absolute Gasteiger partial charge is 0.477 e. The lowest BCUT2D eigenvalue weighted by molar-refractivity contribution is 0.0701. The Morgan fingerprint density at radius 1 is 1.21 bits per heavy atom. The number of rotatable bonds is 3. The predicted octanol–water partition coefficient (Wildman–Crippen LogP) is 3.53. The molecule has 1 aromatic heterocycles. The van der Waals surface area contributed by atoms with E-state index in [-0.39, 0.29) is 0 Å². The van der Waals surface area contributed by atoms with E-state index in [9.17, 15) is 4.79 Å². The summed E-state index contributed by atoms with van der Waals surface area (Å²) in [6.07, 6.45) is 0. The van der Waals surface area contributed by atoms with E-state index in [4.69, 9.17) is 5.11 Å². The quantitative estimate of drug-likeness (QED) is 0.931. The Morgan fingerprint density at radius 3 is 2.26 bits per heavy atom. The molecule has 2 aromatic rings. The maximum absolute atomic E-state index is 11.1. The summed E-state index contributed by atoms with van der Waals surface area (Å²) in [7, 11) is 1.90. The van der Waals surface area contributed by atoms with Crippen LogP contribution in [0.4, 0.5) is 10.8 Å². The van der Waals surface area contributed by atoms with Crippen LogP contribution < -0.4 is 4.90 Å². The van der Waals surface area contributed by atoms with Gasteiger partial charge >= 0.3 is 5.97 Å². The van der Waals surface area contributed by atoms with Crippen LogP contribution >= 0.6 is 11.3 Å². The molecule has 5 heteroatoms. The van der Waals surface area contributed by atoms with E-state index in [2.05, 4.69) is 23.2 Å². The van der Waals surface area contributed by atoms with E-state index < -0.39 is 5.97 Å². The van der Waals surface area contributed by atoms with Crippen molar-refractivity contribution >= 4 is 28.1 Å². The van der Waals surface area contributed by atoms with Crippen molar-refractivity contribution in [1.29, 1.82) is 0 Å². The Hall–Kier alpha value is -1.88. The molecule has 0 atom stereocenters. The average Bonchev–Trinajstić information content (AvgIpc) is 2.69. The summed E-state index contributed by atoms with van der Waals surface area (Å²) < 4.78 is 0. The molecule has 0 spiro atoms. The molecule has 100 valence electrons. The number of anilines is 2. The van der Waals surface area contributed by atoms with Crippen molar-refractivity contribution in [3.05, 3.63) is 39.9 Å². The highest BCUT2D eigenvalue weighted by Gasteiger charge is 2.17. The number of aromatic nitrogens is 1. The second-order valence-electron chi connectivity index (χ2n) is 4.62. The minimum Gasteiger partial charge on any atom is -0.477 e. The van der Waals surface area contributed by atoms with Gasteiger partial charge in [-0.15, -0.1) is 0 Å². The summed E-state index contributed by atoms with van der Waals surface area (Å²) in [5, 5.41) is 9.77. The predicted molar refractivity (Wildman–Crippen MR) is 77.8 cm³/mol. The molecule has 0 radical (unpaired) electrons. The van der Waals surface area contributed by atoms with E-state index >= 15 is 0 Å². The van der Waals surface area contributed by atoms with Gasteiger partial charge in [-0.1, -0.05) is 17.4 Å². The van der Waals surface area contributed by atoms with Crippen LogP contribution in [0, 0.1) is 20.8 Å². The van der Waals surface area contributed by atoms with Gasteiger partial charge in [0.05, 0.1) is 5.69 Å². The number of hydrogen-bond acceptors (Lipinski definition) is 4. The highest BCUT2D eigenvalue weighted by atomic mass is 32.1. The molecule has 0 saturated heterocycles.